The molecule has 0 bridgehead atoms. The van der Waals surface area contributed by atoms with E-state index >= 15 is 0 Å². The first-order valence-corrected chi connectivity index (χ1v) is 4.85. The van der Waals surface area contributed by atoms with Crippen molar-refractivity contribution in [2.24, 2.45) is 0 Å². The lowest BCUT2D eigenvalue weighted by Gasteiger charge is -2.11. The molecular formula is C13H14O2. The van der Waals surface area contributed by atoms with Crippen molar-refractivity contribution < 1.29 is 9.47 Å². The molecule has 1 aromatic carbocycles. The molecule has 2 heteroatoms. The Morgan fingerprint density at radius 3 is 2.40 bits per heavy atom. The standard InChI is InChI=1S/C13H14O2/c1-9-8-15-13(10(9)2)11-4-6-12(14-3)7-5-11/h4-7,13H,1-2,8H2,3H3. The van der Waals surface area contributed by atoms with Crippen molar-refractivity contribution in [2.45, 2.75) is 6.10 Å². The van der Waals surface area contributed by atoms with Gasteiger partial charge in [0.15, 0.2) is 0 Å². The minimum atomic E-state index is -0.0385. The van der Waals surface area contributed by atoms with Gasteiger partial charge in [-0.1, -0.05) is 25.3 Å². The van der Waals surface area contributed by atoms with Crippen LogP contribution >= 0.6 is 0 Å². The van der Waals surface area contributed by atoms with Gasteiger partial charge in [-0.2, -0.15) is 0 Å². The fraction of sp³-hybridized carbons (Fsp3) is 0.231. The minimum absolute atomic E-state index is 0.0385. The SMILES string of the molecule is C=C1COC(c2ccc(OC)cc2)C1=C. The summed E-state index contributed by atoms with van der Waals surface area (Å²) < 4.78 is 10.7. The van der Waals surface area contributed by atoms with Crippen LogP contribution in [0.1, 0.15) is 11.7 Å². The van der Waals surface area contributed by atoms with Crippen molar-refractivity contribution in [1.82, 2.24) is 0 Å². The first-order chi connectivity index (χ1) is 7.22. The second-order valence-electron chi connectivity index (χ2n) is 3.59. The molecule has 0 amide bonds. The lowest BCUT2D eigenvalue weighted by atomic mass is 10.0. The molecule has 0 spiro atoms. The fourth-order valence-electron chi connectivity index (χ4n) is 1.64. The highest BCUT2D eigenvalue weighted by atomic mass is 16.5. The van der Waals surface area contributed by atoms with Crippen LogP contribution < -0.4 is 4.74 Å². The van der Waals surface area contributed by atoms with E-state index in [1.54, 1.807) is 7.11 Å². The molecule has 0 aromatic heterocycles. The Morgan fingerprint density at radius 1 is 1.27 bits per heavy atom. The lowest BCUT2D eigenvalue weighted by Crippen LogP contribution is -1.97. The van der Waals surface area contributed by atoms with Crippen LogP contribution in [0.2, 0.25) is 0 Å². The Labute approximate surface area is 89.8 Å². The molecule has 1 aliphatic rings. The molecular weight excluding hydrogens is 188 g/mol. The fourth-order valence-corrected chi connectivity index (χ4v) is 1.64. The normalized spacial score (nSPS) is 20.7. The Morgan fingerprint density at radius 2 is 1.93 bits per heavy atom. The molecule has 1 fully saturated rings. The summed E-state index contributed by atoms with van der Waals surface area (Å²) in [5.41, 5.74) is 3.05. The van der Waals surface area contributed by atoms with Crippen molar-refractivity contribution in [3.05, 3.63) is 54.1 Å². The molecule has 0 radical (unpaired) electrons. The highest BCUT2D eigenvalue weighted by molar-refractivity contribution is 5.41. The Bertz CT molecular complexity index is 390. The third kappa shape index (κ3) is 1.81. The molecule has 15 heavy (non-hydrogen) atoms. The first-order valence-electron chi connectivity index (χ1n) is 4.85. The summed E-state index contributed by atoms with van der Waals surface area (Å²) in [7, 11) is 1.65. The number of ether oxygens (including phenoxy) is 2. The van der Waals surface area contributed by atoms with Gasteiger partial charge >= 0.3 is 0 Å². The molecule has 1 heterocycles. The maximum atomic E-state index is 5.60. The van der Waals surface area contributed by atoms with E-state index < -0.39 is 0 Å². The van der Waals surface area contributed by atoms with Gasteiger partial charge in [-0.3, -0.25) is 0 Å². The van der Waals surface area contributed by atoms with E-state index in [9.17, 15) is 0 Å². The molecule has 0 saturated carbocycles. The van der Waals surface area contributed by atoms with E-state index in [4.69, 9.17) is 9.47 Å². The molecule has 78 valence electrons. The van der Waals surface area contributed by atoms with Gasteiger partial charge in [0.1, 0.15) is 11.9 Å². The summed E-state index contributed by atoms with van der Waals surface area (Å²) in [6.45, 7) is 8.45. The summed E-state index contributed by atoms with van der Waals surface area (Å²) in [6.07, 6.45) is -0.0385. The topological polar surface area (TPSA) is 18.5 Å². The van der Waals surface area contributed by atoms with Gasteiger partial charge in [0.05, 0.1) is 13.7 Å². The van der Waals surface area contributed by atoms with Crippen molar-refractivity contribution in [2.75, 3.05) is 13.7 Å². The summed E-state index contributed by atoms with van der Waals surface area (Å²) >= 11 is 0. The van der Waals surface area contributed by atoms with Gasteiger partial charge in [0.25, 0.3) is 0 Å². The first kappa shape index (κ1) is 9.99. The number of hydrogen-bond acceptors (Lipinski definition) is 2. The van der Waals surface area contributed by atoms with Gasteiger partial charge in [0.2, 0.25) is 0 Å². The smallest absolute Gasteiger partial charge is 0.118 e. The van der Waals surface area contributed by atoms with Gasteiger partial charge < -0.3 is 9.47 Å². The molecule has 1 saturated heterocycles. The molecule has 0 aliphatic carbocycles. The monoisotopic (exact) mass is 202 g/mol. The quantitative estimate of drug-likeness (QED) is 0.734. The van der Waals surface area contributed by atoms with Crippen LogP contribution in [0.3, 0.4) is 0 Å². The minimum Gasteiger partial charge on any atom is -0.497 e. The van der Waals surface area contributed by atoms with Crippen LogP contribution in [0.25, 0.3) is 0 Å². The number of methoxy groups -OCH3 is 1. The zero-order valence-electron chi connectivity index (χ0n) is 8.82. The van der Waals surface area contributed by atoms with Crippen LogP contribution in [0, 0.1) is 0 Å². The molecule has 1 aliphatic heterocycles. The molecule has 1 aromatic rings. The summed E-state index contributed by atoms with van der Waals surface area (Å²) in [6, 6.07) is 7.83. The van der Waals surface area contributed by atoms with Gasteiger partial charge in [-0.15, -0.1) is 0 Å². The maximum Gasteiger partial charge on any atom is 0.118 e. The van der Waals surface area contributed by atoms with E-state index in [2.05, 4.69) is 13.2 Å². The van der Waals surface area contributed by atoms with E-state index in [1.807, 2.05) is 24.3 Å². The number of rotatable bonds is 2. The van der Waals surface area contributed by atoms with E-state index in [1.165, 1.54) is 0 Å². The molecule has 1 atom stereocenters. The Kier molecular flexibility index (Phi) is 2.60. The van der Waals surface area contributed by atoms with Crippen LogP contribution in [-0.4, -0.2) is 13.7 Å². The third-order valence-electron chi connectivity index (χ3n) is 2.61. The summed E-state index contributed by atoms with van der Waals surface area (Å²) in [4.78, 5) is 0. The second kappa shape index (κ2) is 3.91. The van der Waals surface area contributed by atoms with Crippen molar-refractivity contribution >= 4 is 0 Å². The molecule has 0 N–H and O–H groups in total. The zero-order chi connectivity index (χ0) is 10.8. The predicted octanol–water partition coefficient (Wildman–Crippen LogP) is 2.88. The van der Waals surface area contributed by atoms with Crippen molar-refractivity contribution in [1.29, 1.82) is 0 Å². The van der Waals surface area contributed by atoms with Gasteiger partial charge in [0, 0.05) is 0 Å². The van der Waals surface area contributed by atoms with Crippen molar-refractivity contribution in [3.63, 3.8) is 0 Å². The Hall–Kier alpha value is -1.54. The van der Waals surface area contributed by atoms with Gasteiger partial charge in [-0.25, -0.2) is 0 Å². The van der Waals surface area contributed by atoms with Crippen molar-refractivity contribution in [3.8, 4) is 5.75 Å². The van der Waals surface area contributed by atoms with E-state index in [-0.39, 0.29) is 6.10 Å². The predicted molar refractivity (Wildman–Crippen MR) is 60.0 cm³/mol. The lowest BCUT2D eigenvalue weighted by molar-refractivity contribution is 0.131. The summed E-state index contributed by atoms with van der Waals surface area (Å²) in [5.74, 6) is 0.848. The van der Waals surface area contributed by atoms with E-state index in [0.29, 0.717) is 6.61 Å². The molecule has 2 rings (SSSR count). The second-order valence-corrected chi connectivity index (χ2v) is 3.59. The molecule has 1 unspecified atom stereocenters. The Balaban J connectivity index is 2.23. The number of benzene rings is 1. The average molecular weight is 202 g/mol. The molecule has 2 nitrogen and oxygen atoms in total. The largest absolute Gasteiger partial charge is 0.497 e. The highest BCUT2D eigenvalue weighted by Gasteiger charge is 2.24. The van der Waals surface area contributed by atoms with Crippen LogP contribution in [0.5, 0.6) is 5.75 Å². The van der Waals surface area contributed by atoms with Crippen LogP contribution in [-0.2, 0) is 4.74 Å². The average Bonchev–Trinajstić information content (AvgIpc) is 2.60. The van der Waals surface area contributed by atoms with Crippen LogP contribution in [0.4, 0.5) is 0 Å². The third-order valence-corrected chi connectivity index (χ3v) is 2.61. The zero-order valence-corrected chi connectivity index (χ0v) is 8.82. The maximum absolute atomic E-state index is 5.60. The summed E-state index contributed by atoms with van der Waals surface area (Å²) in [5, 5.41) is 0. The van der Waals surface area contributed by atoms with Crippen LogP contribution in [0.15, 0.2) is 48.6 Å². The van der Waals surface area contributed by atoms with E-state index in [0.717, 1.165) is 22.5 Å². The van der Waals surface area contributed by atoms with Gasteiger partial charge in [-0.05, 0) is 28.8 Å². The number of hydrogen-bond donors (Lipinski definition) is 0. The highest BCUT2D eigenvalue weighted by Crippen LogP contribution is 2.35.